The third kappa shape index (κ3) is 5.98. The molecule has 0 unspecified atom stereocenters. The Morgan fingerprint density at radius 3 is 2.44 bits per heavy atom. The average Bonchev–Trinajstić information content (AvgIpc) is 2.88. The third-order valence-electron chi connectivity index (χ3n) is 5.41. The molecular formula is C28H24N2O6. The molecule has 1 amide bonds. The molecule has 0 aliphatic carbocycles. The van der Waals surface area contributed by atoms with Crippen molar-refractivity contribution in [3.05, 3.63) is 106 Å². The van der Waals surface area contributed by atoms with Crippen molar-refractivity contribution < 1.29 is 23.9 Å². The first-order valence-electron chi connectivity index (χ1n) is 11.1. The first-order chi connectivity index (χ1) is 17.4. The molecule has 0 fully saturated rings. The Hall–Kier alpha value is -4.85. The minimum Gasteiger partial charge on any atom is -0.497 e. The van der Waals surface area contributed by atoms with Crippen molar-refractivity contribution in [3.63, 3.8) is 0 Å². The van der Waals surface area contributed by atoms with Crippen LogP contribution in [-0.2, 0) is 4.79 Å². The molecular weight excluding hydrogens is 460 g/mol. The van der Waals surface area contributed by atoms with Crippen LogP contribution in [0, 0.1) is 6.92 Å². The van der Waals surface area contributed by atoms with E-state index in [0.717, 1.165) is 22.3 Å². The molecule has 4 rings (SSSR count). The smallest absolute Gasteiger partial charge is 0.336 e. The molecule has 2 N–H and O–H groups in total. The molecule has 0 spiro atoms. The fourth-order valence-electron chi connectivity index (χ4n) is 3.54. The predicted octanol–water partition coefficient (Wildman–Crippen LogP) is 5.02. The predicted molar refractivity (Wildman–Crippen MR) is 138 cm³/mol. The van der Waals surface area contributed by atoms with Gasteiger partial charge in [-0.3, -0.25) is 4.79 Å². The van der Waals surface area contributed by atoms with Crippen molar-refractivity contribution in [2.45, 2.75) is 6.92 Å². The molecule has 0 radical (unpaired) electrons. The van der Waals surface area contributed by atoms with Crippen molar-refractivity contribution >= 4 is 34.4 Å². The number of methoxy groups -OCH3 is 1. The monoisotopic (exact) mass is 484 g/mol. The summed E-state index contributed by atoms with van der Waals surface area (Å²) < 4.78 is 15.9. The van der Waals surface area contributed by atoms with Crippen LogP contribution in [0.15, 0.2) is 93.2 Å². The minimum absolute atomic E-state index is 0.225. The van der Waals surface area contributed by atoms with Crippen LogP contribution in [0.2, 0.25) is 0 Å². The first-order valence-corrected chi connectivity index (χ1v) is 11.1. The van der Waals surface area contributed by atoms with E-state index in [1.165, 1.54) is 6.07 Å². The lowest BCUT2D eigenvalue weighted by Gasteiger charge is -2.09. The van der Waals surface area contributed by atoms with Crippen molar-refractivity contribution in [1.82, 2.24) is 0 Å². The Bertz CT molecular complexity index is 1490. The van der Waals surface area contributed by atoms with Crippen LogP contribution in [0.3, 0.4) is 0 Å². The Kier molecular flexibility index (Phi) is 7.45. The maximum Gasteiger partial charge on any atom is 0.336 e. The van der Waals surface area contributed by atoms with Gasteiger partial charge in [-0.15, -0.1) is 0 Å². The van der Waals surface area contributed by atoms with Crippen LogP contribution >= 0.6 is 0 Å². The molecule has 0 aliphatic rings. The molecule has 3 aromatic carbocycles. The number of allylic oxidation sites excluding steroid dienone is 1. The van der Waals surface area contributed by atoms with Gasteiger partial charge in [0.2, 0.25) is 0 Å². The Morgan fingerprint density at radius 2 is 1.75 bits per heavy atom. The maximum absolute atomic E-state index is 12.3. The molecule has 182 valence electrons. The van der Waals surface area contributed by atoms with E-state index in [0.29, 0.717) is 28.3 Å². The Balaban J connectivity index is 1.35. The van der Waals surface area contributed by atoms with E-state index in [1.807, 2.05) is 37.3 Å². The maximum atomic E-state index is 12.3. The number of fused-ring (bicyclic) bond motifs is 1. The molecule has 0 saturated carbocycles. The van der Waals surface area contributed by atoms with Gasteiger partial charge < -0.3 is 24.4 Å². The van der Waals surface area contributed by atoms with E-state index in [-0.39, 0.29) is 12.5 Å². The van der Waals surface area contributed by atoms with E-state index >= 15 is 0 Å². The molecule has 8 nitrogen and oxygen atoms in total. The number of nitrogens with one attached hydrogen (secondary N) is 1. The van der Waals surface area contributed by atoms with Gasteiger partial charge in [0.05, 0.1) is 7.11 Å². The zero-order chi connectivity index (χ0) is 25.5. The number of hydrogen-bond acceptors (Lipinski definition) is 7. The fourth-order valence-corrected chi connectivity index (χ4v) is 3.54. The number of nitrogens with zero attached hydrogens (tertiary/aromatic N) is 1. The highest BCUT2D eigenvalue weighted by atomic mass is 16.5. The van der Waals surface area contributed by atoms with Gasteiger partial charge in [-0.2, -0.15) is 0 Å². The number of rotatable bonds is 8. The summed E-state index contributed by atoms with van der Waals surface area (Å²) in [6.45, 7) is 1.60. The lowest BCUT2D eigenvalue weighted by molar-refractivity contribution is -0.118. The SMILES string of the molecule is COc1ccc(/C=C/C(=N/O)c2ccc(NC(=O)COc3ccc4c(C)cc(=O)oc4c3)cc2)cc1. The summed E-state index contributed by atoms with van der Waals surface area (Å²) in [5.41, 5.74) is 3.28. The number of ether oxygens (including phenoxy) is 2. The number of anilines is 1. The largest absolute Gasteiger partial charge is 0.497 e. The topological polar surface area (TPSA) is 110 Å². The van der Waals surface area contributed by atoms with Crippen LogP contribution in [-0.4, -0.2) is 30.5 Å². The minimum atomic E-state index is -0.441. The molecule has 0 saturated heterocycles. The second kappa shape index (κ2) is 11.1. The number of amides is 1. The summed E-state index contributed by atoms with van der Waals surface area (Å²) >= 11 is 0. The molecule has 0 aliphatic heterocycles. The number of oxime groups is 1. The molecule has 1 aromatic heterocycles. The Labute approximate surface area is 207 Å². The Morgan fingerprint density at radius 1 is 1.03 bits per heavy atom. The fraction of sp³-hybridized carbons (Fsp3) is 0.107. The van der Waals surface area contributed by atoms with Crippen LogP contribution < -0.4 is 20.4 Å². The standard InChI is InChI=1S/C28H24N2O6/c1-18-15-28(32)36-26-16-23(12-13-24(18)26)35-17-27(31)29-21-8-6-20(7-9-21)25(30-33)14-5-19-3-10-22(34-2)11-4-19/h3-16,33H,17H2,1-2H3,(H,29,31)/b14-5+,30-25-. The number of carbonyl (C=O) groups excluding carboxylic acids is 1. The van der Waals surface area contributed by atoms with E-state index in [1.54, 1.807) is 55.7 Å². The van der Waals surface area contributed by atoms with Crippen LogP contribution in [0.25, 0.3) is 17.0 Å². The third-order valence-corrected chi connectivity index (χ3v) is 5.41. The highest BCUT2D eigenvalue weighted by molar-refractivity contribution is 6.10. The lowest BCUT2D eigenvalue weighted by atomic mass is 10.1. The van der Waals surface area contributed by atoms with Crippen LogP contribution in [0.4, 0.5) is 5.69 Å². The van der Waals surface area contributed by atoms with Crippen molar-refractivity contribution in [3.8, 4) is 11.5 Å². The summed E-state index contributed by atoms with van der Waals surface area (Å²) in [7, 11) is 1.60. The molecule has 36 heavy (non-hydrogen) atoms. The van der Waals surface area contributed by atoms with E-state index in [4.69, 9.17) is 13.9 Å². The molecule has 8 heteroatoms. The number of benzene rings is 3. The van der Waals surface area contributed by atoms with Gasteiger partial charge in [-0.1, -0.05) is 35.5 Å². The zero-order valence-electron chi connectivity index (χ0n) is 19.7. The van der Waals surface area contributed by atoms with Gasteiger partial charge in [0.1, 0.15) is 22.8 Å². The summed E-state index contributed by atoms with van der Waals surface area (Å²) in [6, 6.07) is 20.8. The lowest BCUT2D eigenvalue weighted by Crippen LogP contribution is -2.20. The van der Waals surface area contributed by atoms with E-state index in [2.05, 4.69) is 10.5 Å². The first kappa shape index (κ1) is 24.3. The van der Waals surface area contributed by atoms with Gasteiger partial charge in [0, 0.05) is 28.8 Å². The van der Waals surface area contributed by atoms with Crippen molar-refractivity contribution in [2.24, 2.45) is 5.16 Å². The van der Waals surface area contributed by atoms with Gasteiger partial charge in [-0.25, -0.2) is 4.79 Å². The molecule has 0 atom stereocenters. The number of carbonyl (C=O) groups is 1. The van der Waals surface area contributed by atoms with Crippen molar-refractivity contribution in [1.29, 1.82) is 0 Å². The quantitative estimate of drug-likeness (QED) is 0.157. The van der Waals surface area contributed by atoms with Gasteiger partial charge >= 0.3 is 5.63 Å². The summed E-state index contributed by atoms with van der Waals surface area (Å²) in [5, 5.41) is 16.4. The normalized spacial score (nSPS) is 11.6. The van der Waals surface area contributed by atoms with Crippen LogP contribution in [0.1, 0.15) is 16.7 Å². The van der Waals surface area contributed by atoms with Gasteiger partial charge in [0.15, 0.2) is 6.61 Å². The molecule has 1 heterocycles. The second-order valence-corrected chi connectivity index (χ2v) is 7.91. The summed E-state index contributed by atoms with van der Waals surface area (Å²) in [4.78, 5) is 23.9. The van der Waals surface area contributed by atoms with Gasteiger partial charge in [0.25, 0.3) is 5.91 Å². The van der Waals surface area contributed by atoms with E-state index in [9.17, 15) is 14.8 Å². The number of aryl methyl sites for hydroxylation is 1. The highest BCUT2D eigenvalue weighted by Gasteiger charge is 2.08. The summed E-state index contributed by atoms with van der Waals surface area (Å²) in [6.07, 6.45) is 3.51. The molecule has 4 aromatic rings. The van der Waals surface area contributed by atoms with Crippen molar-refractivity contribution in [2.75, 3.05) is 19.0 Å². The highest BCUT2D eigenvalue weighted by Crippen LogP contribution is 2.22. The second-order valence-electron chi connectivity index (χ2n) is 7.91. The van der Waals surface area contributed by atoms with Crippen LogP contribution in [0.5, 0.6) is 11.5 Å². The van der Waals surface area contributed by atoms with E-state index < -0.39 is 5.63 Å². The van der Waals surface area contributed by atoms with Gasteiger partial charge in [-0.05, 0) is 60.5 Å². The zero-order valence-corrected chi connectivity index (χ0v) is 19.7. The number of hydrogen-bond donors (Lipinski definition) is 2. The average molecular weight is 485 g/mol. The molecule has 0 bridgehead atoms. The summed E-state index contributed by atoms with van der Waals surface area (Å²) in [5.74, 6) is 0.810.